The highest BCUT2D eigenvalue weighted by Gasteiger charge is 2.32. The van der Waals surface area contributed by atoms with Crippen LogP contribution in [0.15, 0.2) is 83.8 Å². The fourth-order valence-electron chi connectivity index (χ4n) is 3.68. The number of amides is 2. The number of rotatable bonds is 10. The van der Waals surface area contributed by atoms with Crippen LogP contribution in [-0.2, 0) is 26.2 Å². The number of hydrogen-bond acceptors (Lipinski definition) is 5. The van der Waals surface area contributed by atoms with E-state index in [4.69, 9.17) is 4.74 Å². The van der Waals surface area contributed by atoms with Crippen molar-refractivity contribution in [2.24, 2.45) is 0 Å². The molecule has 0 aromatic heterocycles. The van der Waals surface area contributed by atoms with E-state index in [9.17, 15) is 18.0 Å². The Bertz CT molecular complexity index is 1280. The highest BCUT2D eigenvalue weighted by molar-refractivity contribution is 7.92. The molecule has 190 valence electrons. The summed E-state index contributed by atoms with van der Waals surface area (Å²) in [4.78, 5) is 27.6. The quantitative estimate of drug-likeness (QED) is 0.452. The molecule has 0 aliphatic carbocycles. The van der Waals surface area contributed by atoms with Crippen molar-refractivity contribution in [2.75, 3.05) is 25.0 Å². The molecule has 0 fully saturated rings. The lowest BCUT2D eigenvalue weighted by Gasteiger charge is -2.31. The standard InChI is InChI=1S/C27H31N3O5S/c1-20-10-14-23(15-11-20)30(36(33,34)25-8-6-5-7-9-25)19-26(31)29(21(2)27(32)28-3)18-22-12-16-24(35-4)17-13-22/h5-17,21H,18-19H2,1-4H3,(H,28,32). The third-order valence-corrected chi connectivity index (χ3v) is 7.65. The van der Waals surface area contributed by atoms with Gasteiger partial charge in [-0.25, -0.2) is 8.42 Å². The molecule has 8 nitrogen and oxygen atoms in total. The van der Waals surface area contributed by atoms with Gasteiger partial charge in [0.25, 0.3) is 10.0 Å². The van der Waals surface area contributed by atoms with Crippen LogP contribution in [-0.4, -0.2) is 51.9 Å². The van der Waals surface area contributed by atoms with Gasteiger partial charge >= 0.3 is 0 Å². The van der Waals surface area contributed by atoms with Gasteiger partial charge in [-0.15, -0.1) is 0 Å². The van der Waals surface area contributed by atoms with Crippen molar-refractivity contribution in [3.8, 4) is 5.75 Å². The average Bonchev–Trinajstić information content (AvgIpc) is 2.90. The first-order valence-electron chi connectivity index (χ1n) is 11.5. The SMILES string of the molecule is CNC(=O)C(C)N(Cc1ccc(OC)cc1)C(=O)CN(c1ccc(C)cc1)S(=O)(=O)c1ccccc1. The van der Waals surface area contributed by atoms with Gasteiger partial charge in [0.05, 0.1) is 17.7 Å². The number of nitrogens with one attached hydrogen (secondary N) is 1. The first-order valence-corrected chi connectivity index (χ1v) is 12.9. The third kappa shape index (κ3) is 6.23. The van der Waals surface area contributed by atoms with Crippen LogP contribution >= 0.6 is 0 Å². The topological polar surface area (TPSA) is 96.0 Å². The second-order valence-electron chi connectivity index (χ2n) is 8.32. The van der Waals surface area contributed by atoms with Crippen molar-refractivity contribution in [3.63, 3.8) is 0 Å². The molecule has 1 N–H and O–H groups in total. The molecule has 1 unspecified atom stereocenters. The molecule has 36 heavy (non-hydrogen) atoms. The molecule has 3 rings (SSSR count). The number of methoxy groups -OCH3 is 1. The molecule has 0 spiro atoms. The highest BCUT2D eigenvalue weighted by atomic mass is 32.2. The summed E-state index contributed by atoms with van der Waals surface area (Å²) in [6.07, 6.45) is 0. The van der Waals surface area contributed by atoms with Crippen molar-refractivity contribution >= 4 is 27.5 Å². The lowest BCUT2D eigenvalue weighted by molar-refractivity contribution is -0.139. The van der Waals surface area contributed by atoms with E-state index in [0.717, 1.165) is 15.4 Å². The lowest BCUT2D eigenvalue weighted by Crippen LogP contribution is -2.50. The summed E-state index contributed by atoms with van der Waals surface area (Å²) in [5.74, 6) is -0.206. The Balaban J connectivity index is 1.99. The number of aryl methyl sites for hydroxylation is 1. The molecule has 2 amide bonds. The van der Waals surface area contributed by atoms with Crippen LogP contribution in [0.25, 0.3) is 0 Å². The van der Waals surface area contributed by atoms with E-state index in [-0.39, 0.29) is 17.3 Å². The number of likely N-dealkylation sites (N-methyl/N-ethyl adjacent to an activating group) is 1. The zero-order chi connectivity index (χ0) is 26.3. The van der Waals surface area contributed by atoms with E-state index in [1.54, 1.807) is 80.8 Å². The maximum atomic E-state index is 13.7. The summed E-state index contributed by atoms with van der Waals surface area (Å²) in [6.45, 7) is 3.15. The number of nitrogens with zero attached hydrogens (tertiary/aromatic N) is 2. The minimum Gasteiger partial charge on any atom is -0.497 e. The molecular weight excluding hydrogens is 478 g/mol. The Hall–Kier alpha value is -3.85. The Kier molecular flexibility index (Phi) is 8.71. The molecule has 1 atom stereocenters. The van der Waals surface area contributed by atoms with Crippen LogP contribution in [0.2, 0.25) is 0 Å². The fraction of sp³-hybridized carbons (Fsp3) is 0.259. The van der Waals surface area contributed by atoms with Crippen molar-refractivity contribution in [1.29, 1.82) is 0 Å². The maximum Gasteiger partial charge on any atom is 0.264 e. The molecule has 3 aromatic rings. The predicted octanol–water partition coefficient (Wildman–Crippen LogP) is 3.36. The van der Waals surface area contributed by atoms with Gasteiger partial charge in [-0.3, -0.25) is 13.9 Å². The van der Waals surface area contributed by atoms with Gasteiger partial charge in [-0.05, 0) is 55.8 Å². The molecular formula is C27H31N3O5S. The number of carbonyl (C=O) groups is 2. The first-order chi connectivity index (χ1) is 17.2. The fourth-order valence-corrected chi connectivity index (χ4v) is 5.11. The van der Waals surface area contributed by atoms with Gasteiger partial charge in [-0.2, -0.15) is 0 Å². The summed E-state index contributed by atoms with van der Waals surface area (Å²) in [6, 6.07) is 21.2. The summed E-state index contributed by atoms with van der Waals surface area (Å²) in [5, 5.41) is 2.57. The average molecular weight is 510 g/mol. The minimum atomic E-state index is -4.06. The van der Waals surface area contributed by atoms with Crippen LogP contribution in [0.1, 0.15) is 18.1 Å². The Morgan fingerprint density at radius 2 is 1.56 bits per heavy atom. The van der Waals surface area contributed by atoms with Crippen molar-refractivity contribution in [1.82, 2.24) is 10.2 Å². The molecule has 0 saturated carbocycles. The Morgan fingerprint density at radius 3 is 2.11 bits per heavy atom. The van der Waals surface area contributed by atoms with Gasteiger partial charge in [0.1, 0.15) is 18.3 Å². The first kappa shape index (κ1) is 26.7. The number of sulfonamides is 1. The van der Waals surface area contributed by atoms with E-state index in [0.29, 0.717) is 11.4 Å². The summed E-state index contributed by atoms with van der Waals surface area (Å²) in [7, 11) is -1.01. The molecule has 0 radical (unpaired) electrons. The van der Waals surface area contributed by atoms with Crippen LogP contribution in [0, 0.1) is 6.92 Å². The Morgan fingerprint density at radius 1 is 0.944 bits per heavy atom. The van der Waals surface area contributed by atoms with E-state index in [1.165, 1.54) is 24.1 Å². The van der Waals surface area contributed by atoms with Crippen molar-refractivity contribution < 1.29 is 22.7 Å². The van der Waals surface area contributed by atoms with Crippen LogP contribution in [0.5, 0.6) is 5.75 Å². The van der Waals surface area contributed by atoms with Gasteiger partial charge in [0.2, 0.25) is 11.8 Å². The third-order valence-electron chi connectivity index (χ3n) is 5.86. The molecule has 0 heterocycles. The number of carbonyl (C=O) groups excluding carboxylic acids is 2. The van der Waals surface area contributed by atoms with E-state index in [2.05, 4.69) is 5.32 Å². The number of ether oxygens (including phenoxy) is 1. The largest absolute Gasteiger partial charge is 0.497 e. The molecule has 0 aliphatic rings. The smallest absolute Gasteiger partial charge is 0.264 e. The zero-order valence-electron chi connectivity index (χ0n) is 20.8. The normalized spacial score (nSPS) is 11.9. The van der Waals surface area contributed by atoms with Crippen molar-refractivity contribution in [2.45, 2.75) is 31.3 Å². The molecule has 0 aliphatic heterocycles. The Labute approximate surface area is 212 Å². The van der Waals surface area contributed by atoms with E-state index in [1.807, 2.05) is 6.92 Å². The lowest BCUT2D eigenvalue weighted by atomic mass is 10.1. The van der Waals surface area contributed by atoms with E-state index < -0.39 is 28.5 Å². The molecule has 0 saturated heterocycles. The number of benzene rings is 3. The minimum absolute atomic E-state index is 0.0689. The van der Waals surface area contributed by atoms with Gasteiger partial charge < -0.3 is 15.0 Å². The maximum absolute atomic E-state index is 13.7. The molecule has 0 bridgehead atoms. The van der Waals surface area contributed by atoms with Crippen LogP contribution in [0.4, 0.5) is 5.69 Å². The van der Waals surface area contributed by atoms with Gasteiger partial charge in [-0.1, -0.05) is 48.0 Å². The molecule has 9 heteroatoms. The summed E-state index contributed by atoms with van der Waals surface area (Å²) in [5.41, 5.74) is 2.08. The van der Waals surface area contributed by atoms with Crippen LogP contribution in [0.3, 0.4) is 0 Å². The monoisotopic (exact) mass is 509 g/mol. The highest BCUT2D eigenvalue weighted by Crippen LogP contribution is 2.25. The van der Waals surface area contributed by atoms with Crippen molar-refractivity contribution in [3.05, 3.63) is 90.0 Å². The second kappa shape index (κ2) is 11.7. The number of hydrogen-bond donors (Lipinski definition) is 1. The second-order valence-corrected chi connectivity index (χ2v) is 10.2. The number of anilines is 1. The summed E-state index contributed by atoms with van der Waals surface area (Å²) < 4.78 is 33.5. The van der Waals surface area contributed by atoms with Gasteiger partial charge in [0, 0.05) is 13.6 Å². The summed E-state index contributed by atoms with van der Waals surface area (Å²) >= 11 is 0. The van der Waals surface area contributed by atoms with Crippen LogP contribution < -0.4 is 14.4 Å². The predicted molar refractivity (Wildman–Crippen MR) is 139 cm³/mol. The van der Waals surface area contributed by atoms with E-state index >= 15 is 0 Å². The zero-order valence-corrected chi connectivity index (χ0v) is 21.7. The molecule has 3 aromatic carbocycles. The van der Waals surface area contributed by atoms with Gasteiger partial charge in [0.15, 0.2) is 0 Å².